The van der Waals surface area contributed by atoms with Crippen LogP contribution in [0.15, 0.2) is 0 Å². The molecule has 0 aromatic heterocycles. The minimum absolute atomic E-state index is 0.196. The first-order valence-electron chi connectivity index (χ1n) is 6.19. The lowest BCUT2D eigenvalue weighted by Gasteiger charge is -2.14. The molecule has 0 bridgehead atoms. The van der Waals surface area contributed by atoms with E-state index in [4.69, 9.17) is 0 Å². The average molecular weight is 255 g/mol. The predicted octanol–water partition coefficient (Wildman–Crippen LogP) is 3.37. The molecule has 0 fully saturated rings. The van der Waals surface area contributed by atoms with Gasteiger partial charge in [-0.05, 0) is 31.7 Å². The molecule has 0 radical (unpaired) electrons. The third-order valence-corrected chi connectivity index (χ3v) is 2.44. The molecule has 1 unspecified atom stereocenters. The Hall–Kier alpha value is -0.290. The summed E-state index contributed by atoms with van der Waals surface area (Å²) in [5.74, 6) is 0.524. The van der Waals surface area contributed by atoms with Crippen molar-refractivity contribution < 1.29 is 17.9 Å². The van der Waals surface area contributed by atoms with Gasteiger partial charge in [0.2, 0.25) is 0 Å². The number of nitrogens with one attached hydrogen (secondary N) is 1. The van der Waals surface area contributed by atoms with Gasteiger partial charge in [0.05, 0.1) is 0 Å². The Labute approximate surface area is 102 Å². The van der Waals surface area contributed by atoms with E-state index in [0.717, 1.165) is 19.4 Å². The van der Waals surface area contributed by atoms with Crippen LogP contribution in [-0.4, -0.2) is 32.0 Å². The van der Waals surface area contributed by atoms with Crippen molar-refractivity contribution in [2.45, 2.75) is 52.3 Å². The lowest BCUT2D eigenvalue weighted by molar-refractivity contribution is -0.174. The molecule has 0 aliphatic carbocycles. The van der Waals surface area contributed by atoms with E-state index < -0.39 is 12.8 Å². The van der Waals surface area contributed by atoms with Crippen molar-refractivity contribution >= 4 is 0 Å². The first kappa shape index (κ1) is 16.7. The van der Waals surface area contributed by atoms with E-state index in [-0.39, 0.29) is 6.61 Å². The van der Waals surface area contributed by atoms with Crippen LogP contribution >= 0.6 is 0 Å². The molecule has 0 amide bonds. The van der Waals surface area contributed by atoms with E-state index in [9.17, 15) is 13.2 Å². The van der Waals surface area contributed by atoms with Crippen LogP contribution in [0.2, 0.25) is 0 Å². The average Bonchev–Trinajstić information content (AvgIpc) is 2.14. The standard InChI is InChI=1S/C12H24F3NO/c1-10(2)16-7-6-11(3)5-4-8-17-9-12(13,14)15/h10-11,16H,4-9H2,1-3H3. The maximum absolute atomic E-state index is 11.8. The van der Waals surface area contributed by atoms with E-state index in [1.165, 1.54) is 0 Å². The zero-order chi connectivity index (χ0) is 13.3. The molecular weight excluding hydrogens is 231 g/mol. The molecule has 0 saturated carbocycles. The molecule has 0 rings (SSSR count). The van der Waals surface area contributed by atoms with Gasteiger partial charge in [-0.15, -0.1) is 0 Å². The van der Waals surface area contributed by atoms with Crippen molar-refractivity contribution in [3.63, 3.8) is 0 Å². The Bertz CT molecular complexity index is 183. The molecule has 1 atom stereocenters. The summed E-state index contributed by atoms with van der Waals surface area (Å²) in [6.45, 7) is 6.33. The van der Waals surface area contributed by atoms with E-state index in [0.29, 0.717) is 18.4 Å². The molecule has 0 aromatic rings. The van der Waals surface area contributed by atoms with Crippen molar-refractivity contribution in [3.05, 3.63) is 0 Å². The van der Waals surface area contributed by atoms with Gasteiger partial charge in [-0.1, -0.05) is 20.8 Å². The van der Waals surface area contributed by atoms with E-state index >= 15 is 0 Å². The zero-order valence-corrected chi connectivity index (χ0v) is 10.9. The first-order chi connectivity index (χ1) is 7.81. The highest BCUT2D eigenvalue weighted by Gasteiger charge is 2.27. The van der Waals surface area contributed by atoms with Crippen molar-refractivity contribution in [3.8, 4) is 0 Å². The van der Waals surface area contributed by atoms with Crippen molar-refractivity contribution in [1.82, 2.24) is 5.32 Å². The monoisotopic (exact) mass is 255 g/mol. The SMILES string of the molecule is CC(CCCOCC(F)(F)F)CCNC(C)C. The molecular formula is C12H24F3NO. The zero-order valence-electron chi connectivity index (χ0n) is 10.9. The molecule has 0 aliphatic heterocycles. The van der Waals surface area contributed by atoms with Crippen LogP contribution in [0, 0.1) is 5.92 Å². The Morgan fingerprint density at radius 1 is 1.12 bits per heavy atom. The molecule has 0 spiro atoms. The normalized spacial score (nSPS) is 14.3. The maximum atomic E-state index is 11.8. The summed E-state index contributed by atoms with van der Waals surface area (Å²) in [4.78, 5) is 0. The van der Waals surface area contributed by atoms with E-state index in [1.807, 2.05) is 0 Å². The van der Waals surface area contributed by atoms with Crippen molar-refractivity contribution in [1.29, 1.82) is 0 Å². The van der Waals surface area contributed by atoms with E-state index in [1.54, 1.807) is 0 Å². The van der Waals surface area contributed by atoms with Gasteiger partial charge in [-0.25, -0.2) is 0 Å². The third-order valence-electron chi connectivity index (χ3n) is 2.44. The van der Waals surface area contributed by atoms with Crippen LogP contribution in [0.3, 0.4) is 0 Å². The first-order valence-corrected chi connectivity index (χ1v) is 6.19. The molecule has 104 valence electrons. The fraction of sp³-hybridized carbons (Fsp3) is 1.00. The summed E-state index contributed by atoms with van der Waals surface area (Å²) in [5.41, 5.74) is 0. The topological polar surface area (TPSA) is 21.3 Å². The van der Waals surface area contributed by atoms with Gasteiger partial charge in [-0.3, -0.25) is 0 Å². The molecule has 0 aliphatic rings. The Morgan fingerprint density at radius 2 is 1.76 bits per heavy atom. The van der Waals surface area contributed by atoms with Crippen molar-refractivity contribution in [2.24, 2.45) is 5.92 Å². The number of hydrogen-bond acceptors (Lipinski definition) is 2. The Kier molecular flexibility index (Phi) is 8.60. The van der Waals surface area contributed by atoms with Crippen LogP contribution in [0.4, 0.5) is 13.2 Å². The van der Waals surface area contributed by atoms with Gasteiger partial charge in [0.15, 0.2) is 0 Å². The third kappa shape index (κ3) is 13.6. The summed E-state index contributed by atoms with van der Waals surface area (Å²) < 4.78 is 39.8. The molecule has 0 saturated heterocycles. The van der Waals surface area contributed by atoms with Crippen LogP contribution < -0.4 is 5.32 Å². The number of hydrogen-bond donors (Lipinski definition) is 1. The highest BCUT2D eigenvalue weighted by atomic mass is 19.4. The molecule has 0 aromatic carbocycles. The quantitative estimate of drug-likeness (QED) is 0.638. The van der Waals surface area contributed by atoms with Gasteiger partial charge < -0.3 is 10.1 Å². The van der Waals surface area contributed by atoms with Crippen LogP contribution in [0.25, 0.3) is 0 Å². The van der Waals surface area contributed by atoms with Gasteiger partial charge >= 0.3 is 6.18 Å². The second-order valence-corrected chi connectivity index (χ2v) is 4.81. The second kappa shape index (κ2) is 8.75. The highest BCUT2D eigenvalue weighted by Crippen LogP contribution is 2.15. The second-order valence-electron chi connectivity index (χ2n) is 4.81. The van der Waals surface area contributed by atoms with Crippen LogP contribution in [0.1, 0.15) is 40.0 Å². The lowest BCUT2D eigenvalue weighted by Crippen LogP contribution is -2.25. The fourth-order valence-corrected chi connectivity index (χ4v) is 1.48. The molecule has 1 N–H and O–H groups in total. The molecule has 5 heteroatoms. The lowest BCUT2D eigenvalue weighted by atomic mass is 10.0. The molecule has 17 heavy (non-hydrogen) atoms. The Balaban J connectivity index is 3.30. The number of rotatable bonds is 9. The largest absolute Gasteiger partial charge is 0.411 e. The minimum Gasteiger partial charge on any atom is -0.372 e. The van der Waals surface area contributed by atoms with E-state index in [2.05, 4.69) is 30.8 Å². The highest BCUT2D eigenvalue weighted by molar-refractivity contribution is 4.58. The van der Waals surface area contributed by atoms with Crippen LogP contribution in [0.5, 0.6) is 0 Å². The number of alkyl halides is 3. The summed E-state index contributed by atoms with van der Waals surface area (Å²) in [6.07, 6.45) is -1.54. The number of ether oxygens (including phenoxy) is 1. The smallest absolute Gasteiger partial charge is 0.372 e. The predicted molar refractivity (Wildman–Crippen MR) is 63.0 cm³/mol. The minimum atomic E-state index is -4.20. The fourth-order valence-electron chi connectivity index (χ4n) is 1.48. The number of halogens is 3. The van der Waals surface area contributed by atoms with Gasteiger partial charge in [0, 0.05) is 12.6 Å². The Morgan fingerprint density at radius 3 is 2.29 bits per heavy atom. The maximum Gasteiger partial charge on any atom is 0.411 e. The van der Waals surface area contributed by atoms with Gasteiger partial charge in [-0.2, -0.15) is 13.2 Å². The summed E-state index contributed by atoms with van der Waals surface area (Å²) in [7, 11) is 0. The van der Waals surface area contributed by atoms with Crippen LogP contribution in [-0.2, 0) is 4.74 Å². The van der Waals surface area contributed by atoms with Gasteiger partial charge in [0.25, 0.3) is 0 Å². The molecule has 0 heterocycles. The summed E-state index contributed by atoms with van der Waals surface area (Å²) >= 11 is 0. The van der Waals surface area contributed by atoms with Gasteiger partial charge in [0.1, 0.15) is 6.61 Å². The molecule has 2 nitrogen and oxygen atoms in total. The van der Waals surface area contributed by atoms with Crippen molar-refractivity contribution in [2.75, 3.05) is 19.8 Å². The summed E-state index contributed by atoms with van der Waals surface area (Å²) in [6, 6.07) is 0.484. The summed E-state index contributed by atoms with van der Waals surface area (Å²) in [5, 5.41) is 3.32.